The van der Waals surface area contributed by atoms with E-state index in [4.69, 9.17) is 19.9 Å². The number of amides is 1. The molecule has 3 N–H and O–H groups in total. The van der Waals surface area contributed by atoms with Gasteiger partial charge in [0, 0.05) is 43.4 Å². The van der Waals surface area contributed by atoms with Crippen molar-refractivity contribution in [2.75, 3.05) is 52.5 Å². The molecule has 1 amide bonds. The van der Waals surface area contributed by atoms with Gasteiger partial charge in [-0.25, -0.2) is 0 Å². The van der Waals surface area contributed by atoms with E-state index in [1.807, 2.05) is 17.0 Å². The number of aliphatic carboxylic acids is 1. The third-order valence-corrected chi connectivity index (χ3v) is 8.52. The summed E-state index contributed by atoms with van der Waals surface area (Å²) in [6, 6.07) is 5.75. The molecule has 2 fully saturated rings. The van der Waals surface area contributed by atoms with Gasteiger partial charge in [0.1, 0.15) is 5.75 Å². The third-order valence-electron chi connectivity index (χ3n) is 8.52. The minimum absolute atomic E-state index is 0.0591. The molecule has 0 aromatic heterocycles. The van der Waals surface area contributed by atoms with Crippen molar-refractivity contribution in [3.05, 3.63) is 29.3 Å². The highest BCUT2D eigenvalue weighted by Gasteiger charge is 2.50. The second-order valence-corrected chi connectivity index (χ2v) is 11.9. The summed E-state index contributed by atoms with van der Waals surface area (Å²) in [5, 5.41) is 10.6. The zero-order valence-corrected chi connectivity index (χ0v) is 23.9. The lowest BCUT2D eigenvalue weighted by Gasteiger charge is -2.37. The molecular weight excluding hydrogens is 498 g/mol. The molecule has 3 aliphatic rings. The van der Waals surface area contributed by atoms with Crippen LogP contribution in [0.4, 0.5) is 0 Å². The summed E-state index contributed by atoms with van der Waals surface area (Å²) < 4.78 is 17.4. The Hall–Kier alpha value is -2.20. The molecule has 39 heavy (non-hydrogen) atoms. The lowest BCUT2D eigenvalue weighted by molar-refractivity contribution is -0.148. The topological polar surface area (TPSA) is 115 Å². The van der Waals surface area contributed by atoms with E-state index in [-0.39, 0.29) is 24.4 Å². The number of carbonyl (C=O) groups excluding carboxylic acids is 1. The average molecular weight is 546 g/mol. The molecule has 1 aromatic carbocycles. The summed E-state index contributed by atoms with van der Waals surface area (Å²) in [5.41, 5.74) is 7.42. The first-order valence-electron chi connectivity index (χ1n) is 14.7. The Balaban J connectivity index is 1.61. The SMILES string of the molecule is CCCCN(CCCCN)C(=O)CN1CC(c2ccc3c(c2)CCO3)C(C(=O)O)C1CC(C)(C)C1OCCO1. The van der Waals surface area contributed by atoms with E-state index < -0.39 is 23.6 Å². The predicted octanol–water partition coefficient (Wildman–Crippen LogP) is 3.25. The van der Waals surface area contributed by atoms with Crippen molar-refractivity contribution in [1.82, 2.24) is 9.80 Å². The standard InChI is InChI=1S/C30H47N3O6/c1-4-5-12-32(13-7-6-11-31)26(34)20-33-19-23(21-8-9-25-22(17-21)10-14-37-25)27(28(35)36)24(33)18-30(2,3)29-38-15-16-39-29/h8-9,17,23-24,27,29H,4-7,10-16,18-20,31H2,1-3H3,(H,35,36). The van der Waals surface area contributed by atoms with Gasteiger partial charge in [-0.2, -0.15) is 0 Å². The Morgan fingerprint density at radius 2 is 1.87 bits per heavy atom. The van der Waals surface area contributed by atoms with Gasteiger partial charge in [-0.3, -0.25) is 14.5 Å². The molecule has 3 heterocycles. The van der Waals surface area contributed by atoms with E-state index in [1.165, 1.54) is 0 Å². The van der Waals surface area contributed by atoms with Crippen molar-refractivity contribution in [2.24, 2.45) is 17.1 Å². The minimum Gasteiger partial charge on any atom is -0.493 e. The second kappa shape index (κ2) is 13.4. The Kier molecular flexibility index (Phi) is 10.3. The molecule has 2 saturated heterocycles. The minimum atomic E-state index is -0.827. The molecule has 0 spiro atoms. The van der Waals surface area contributed by atoms with Crippen molar-refractivity contribution in [2.45, 2.75) is 77.5 Å². The Morgan fingerprint density at radius 3 is 2.56 bits per heavy atom. The number of carboxylic acids is 1. The average Bonchev–Trinajstić information content (AvgIpc) is 3.66. The van der Waals surface area contributed by atoms with Crippen LogP contribution in [0.5, 0.6) is 5.75 Å². The van der Waals surface area contributed by atoms with Crippen LogP contribution in [-0.4, -0.2) is 91.7 Å². The number of carboxylic acid groups (broad SMARTS) is 1. The Morgan fingerprint density at radius 1 is 1.13 bits per heavy atom. The van der Waals surface area contributed by atoms with E-state index in [9.17, 15) is 14.7 Å². The maximum Gasteiger partial charge on any atom is 0.308 e. The summed E-state index contributed by atoms with van der Waals surface area (Å²) in [6.07, 6.45) is 4.69. The van der Waals surface area contributed by atoms with Crippen LogP contribution in [-0.2, 0) is 25.5 Å². The van der Waals surface area contributed by atoms with Crippen LogP contribution in [0.25, 0.3) is 0 Å². The first-order chi connectivity index (χ1) is 18.7. The van der Waals surface area contributed by atoms with Gasteiger partial charge in [-0.15, -0.1) is 0 Å². The van der Waals surface area contributed by atoms with Crippen LogP contribution >= 0.6 is 0 Å². The van der Waals surface area contributed by atoms with Gasteiger partial charge >= 0.3 is 5.97 Å². The van der Waals surface area contributed by atoms with E-state index >= 15 is 0 Å². The van der Waals surface area contributed by atoms with Crippen LogP contribution < -0.4 is 10.5 Å². The Bertz CT molecular complexity index is 979. The van der Waals surface area contributed by atoms with Crippen molar-refractivity contribution in [3.63, 3.8) is 0 Å². The van der Waals surface area contributed by atoms with E-state index in [1.54, 1.807) is 0 Å². The molecule has 0 saturated carbocycles. The lowest BCUT2D eigenvalue weighted by Crippen LogP contribution is -2.47. The molecule has 1 aromatic rings. The summed E-state index contributed by atoms with van der Waals surface area (Å²) >= 11 is 0. The zero-order valence-electron chi connectivity index (χ0n) is 23.9. The van der Waals surface area contributed by atoms with Crippen molar-refractivity contribution >= 4 is 11.9 Å². The number of hydrogen-bond acceptors (Lipinski definition) is 7. The number of likely N-dealkylation sites (tertiary alicyclic amines) is 1. The molecule has 0 radical (unpaired) electrons. The Labute approximate surface area is 232 Å². The largest absolute Gasteiger partial charge is 0.493 e. The van der Waals surface area contributed by atoms with Gasteiger partial charge in [0.05, 0.1) is 32.3 Å². The number of benzene rings is 1. The maximum absolute atomic E-state index is 13.7. The maximum atomic E-state index is 13.7. The quantitative estimate of drug-likeness (QED) is 0.343. The van der Waals surface area contributed by atoms with Crippen molar-refractivity contribution < 1.29 is 28.9 Å². The van der Waals surface area contributed by atoms with Crippen LogP contribution in [0.3, 0.4) is 0 Å². The molecule has 4 rings (SSSR count). The van der Waals surface area contributed by atoms with Gasteiger partial charge < -0.3 is 30.0 Å². The van der Waals surface area contributed by atoms with E-state index in [0.29, 0.717) is 52.4 Å². The van der Waals surface area contributed by atoms with E-state index in [0.717, 1.165) is 49.0 Å². The van der Waals surface area contributed by atoms with Crippen LogP contribution in [0, 0.1) is 11.3 Å². The van der Waals surface area contributed by atoms with Gasteiger partial charge in [-0.1, -0.05) is 39.3 Å². The van der Waals surface area contributed by atoms with Crippen molar-refractivity contribution in [3.8, 4) is 5.75 Å². The third kappa shape index (κ3) is 7.12. The van der Waals surface area contributed by atoms with Gasteiger partial charge in [0.15, 0.2) is 6.29 Å². The number of hydrogen-bond donors (Lipinski definition) is 2. The number of unbranched alkanes of at least 4 members (excludes halogenated alkanes) is 2. The smallest absolute Gasteiger partial charge is 0.308 e. The number of nitrogens with two attached hydrogens (primary N) is 1. The molecule has 0 bridgehead atoms. The summed E-state index contributed by atoms with van der Waals surface area (Å²) in [6.45, 7) is 10.7. The molecule has 0 aliphatic carbocycles. The van der Waals surface area contributed by atoms with Crippen LogP contribution in [0.15, 0.2) is 18.2 Å². The molecular formula is C30H47N3O6. The van der Waals surface area contributed by atoms with Gasteiger partial charge in [-0.05, 0) is 49.4 Å². The predicted molar refractivity (Wildman–Crippen MR) is 149 cm³/mol. The number of ether oxygens (including phenoxy) is 3. The van der Waals surface area contributed by atoms with E-state index in [2.05, 4.69) is 31.7 Å². The number of fused-ring (bicyclic) bond motifs is 1. The van der Waals surface area contributed by atoms with Crippen LogP contribution in [0.2, 0.25) is 0 Å². The van der Waals surface area contributed by atoms with Crippen LogP contribution in [0.1, 0.15) is 69.9 Å². The molecule has 3 aliphatic heterocycles. The highest BCUT2D eigenvalue weighted by molar-refractivity contribution is 5.79. The normalized spacial score (nSPS) is 23.6. The summed E-state index contributed by atoms with van der Waals surface area (Å²) in [7, 11) is 0. The first kappa shape index (κ1) is 29.8. The second-order valence-electron chi connectivity index (χ2n) is 11.9. The first-order valence-corrected chi connectivity index (χ1v) is 14.7. The summed E-state index contributed by atoms with van der Waals surface area (Å²) in [5.74, 6) is -0.767. The lowest BCUT2D eigenvalue weighted by atomic mass is 9.77. The fourth-order valence-electron chi connectivity index (χ4n) is 6.40. The molecule has 218 valence electrons. The fraction of sp³-hybridized carbons (Fsp3) is 0.733. The van der Waals surface area contributed by atoms with Crippen molar-refractivity contribution in [1.29, 1.82) is 0 Å². The van der Waals surface area contributed by atoms with Gasteiger partial charge in [0.2, 0.25) is 5.91 Å². The highest BCUT2D eigenvalue weighted by Crippen LogP contribution is 2.45. The highest BCUT2D eigenvalue weighted by atomic mass is 16.7. The summed E-state index contributed by atoms with van der Waals surface area (Å²) in [4.78, 5) is 30.6. The number of nitrogens with zero attached hydrogens (tertiary/aromatic N) is 2. The number of rotatable bonds is 14. The molecule has 9 nitrogen and oxygen atoms in total. The molecule has 3 atom stereocenters. The zero-order chi connectivity index (χ0) is 28.0. The van der Waals surface area contributed by atoms with Gasteiger partial charge in [0.25, 0.3) is 0 Å². The fourth-order valence-corrected chi connectivity index (χ4v) is 6.40. The monoisotopic (exact) mass is 545 g/mol. The molecule has 3 unspecified atom stereocenters. The number of carbonyl (C=O) groups is 2. The molecule has 9 heteroatoms.